The smallest absolute Gasteiger partial charge is 0.328 e. The molecule has 0 atom stereocenters. The molecule has 0 saturated heterocycles. The summed E-state index contributed by atoms with van der Waals surface area (Å²) in [6.45, 7) is 4.14. The average molecular weight is 293 g/mol. The summed E-state index contributed by atoms with van der Waals surface area (Å²) in [5.74, 6) is -0.415. The molecule has 0 radical (unpaired) electrons. The number of nitrogens with two attached hydrogens (primary N) is 1. The maximum absolute atomic E-state index is 13.5. The monoisotopic (exact) mass is 293 g/mol. The van der Waals surface area contributed by atoms with Crippen LogP contribution >= 0.6 is 12.2 Å². The summed E-state index contributed by atoms with van der Waals surface area (Å²) in [6.07, 6.45) is 3.41. The molecule has 2 rings (SSSR count). The van der Waals surface area contributed by atoms with E-state index in [9.17, 15) is 9.18 Å². The van der Waals surface area contributed by atoms with E-state index in [1.165, 1.54) is 16.7 Å². The molecule has 6 heteroatoms. The normalized spacial score (nSPS) is 11.0. The van der Waals surface area contributed by atoms with Gasteiger partial charge >= 0.3 is 5.69 Å². The maximum Gasteiger partial charge on any atom is 0.328 e. The van der Waals surface area contributed by atoms with Crippen LogP contribution in [0.5, 0.6) is 0 Å². The second-order valence-electron chi connectivity index (χ2n) is 4.92. The Morgan fingerprint density at radius 1 is 1.35 bits per heavy atom. The van der Waals surface area contributed by atoms with Gasteiger partial charge in [0.15, 0.2) is 0 Å². The fraction of sp³-hybridized carbons (Fsp3) is 0.286. The second kappa shape index (κ2) is 5.58. The first-order valence-electron chi connectivity index (χ1n) is 6.25. The lowest BCUT2D eigenvalue weighted by Crippen LogP contribution is -2.25. The molecule has 4 nitrogen and oxygen atoms in total. The molecule has 0 amide bonds. The molecule has 106 valence electrons. The third-order valence-electron chi connectivity index (χ3n) is 3.03. The summed E-state index contributed by atoms with van der Waals surface area (Å²) in [4.78, 5) is 12.2. The van der Waals surface area contributed by atoms with Crippen LogP contribution in [0, 0.1) is 5.82 Å². The van der Waals surface area contributed by atoms with Crippen molar-refractivity contribution in [2.24, 2.45) is 5.73 Å². The highest BCUT2D eigenvalue weighted by molar-refractivity contribution is 7.80. The predicted octanol–water partition coefficient (Wildman–Crippen LogP) is 2.05. The third kappa shape index (κ3) is 2.96. The van der Waals surface area contributed by atoms with Gasteiger partial charge in [0.1, 0.15) is 10.8 Å². The van der Waals surface area contributed by atoms with Crippen LogP contribution in [0.3, 0.4) is 0 Å². The molecule has 0 saturated carbocycles. The molecule has 0 aliphatic carbocycles. The zero-order valence-electron chi connectivity index (χ0n) is 11.3. The van der Waals surface area contributed by atoms with E-state index in [1.807, 2.05) is 13.8 Å². The van der Waals surface area contributed by atoms with Gasteiger partial charge in [-0.2, -0.15) is 0 Å². The largest absolute Gasteiger partial charge is 0.389 e. The molecule has 1 aromatic carbocycles. The van der Waals surface area contributed by atoms with E-state index >= 15 is 0 Å². The SMILES string of the molecule is CC(C)n1ccn(Cc2cc(F)cc(C(N)=S)c2)c1=O. The molecular formula is C14H16FN3OS. The van der Waals surface area contributed by atoms with Crippen LogP contribution in [0.25, 0.3) is 0 Å². The molecule has 0 spiro atoms. The highest BCUT2D eigenvalue weighted by atomic mass is 32.1. The van der Waals surface area contributed by atoms with E-state index in [2.05, 4.69) is 0 Å². The number of nitrogens with zero attached hydrogens (tertiary/aromatic N) is 2. The number of hydrogen-bond acceptors (Lipinski definition) is 2. The summed E-state index contributed by atoms with van der Waals surface area (Å²) < 4.78 is 16.7. The number of rotatable bonds is 4. The van der Waals surface area contributed by atoms with Crippen molar-refractivity contribution in [2.45, 2.75) is 26.4 Å². The Bertz CT molecular complexity index is 703. The van der Waals surface area contributed by atoms with E-state index in [-0.39, 0.29) is 23.3 Å². The van der Waals surface area contributed by atoms with E-state index in [1.54, 1.807) is 23.0 Å². The van der Waals surface area contributed by atoms with Crippen LogP contribution in [0.15, 0.2) is 35.4 Å². The van der Waals surface area contributed by atoms with Crippen molar-refractivity contribution in [1.29, 1.82) is 0 Å². The first-order valence-corrected chi connectivity index (χ1v) is 6.66. The van der Waals surface area contributed by atoms with Crippen molar-refractivity contribution in [3.8, 4) is 0 Å². The Kier molecular flexibility index (Phi) is 4.04. The predicted molar refractivity (Wildman–Crippen MR) is 80.5 cm³/mol. The minimum absolute atomic E-state index is 0.0865. The van der Waals surface area contributed by atoms with Gasteiger partial charge in [-0.1, -0.05) is 12.2 Å². The summed E-state index contributed by atoms with van der Waals surface area (Å²) in [6, 6.07) is 4.45. The lowest BCUT2D eigenvalue weighted by atomic mass is 10.1. The molecule has 0 unspecified atom stereocenters. The lowest BCUT2D eigenvalue weighted by Gasteiger charge is -2.07. The summed E-state index contributed by atoms with van der Waals surface area (Å²) >= 11 is 4.85. The Balaban J connectivity index is 2.35. The molecule has 2 aromatic rings. The zero-order valence-corrected chi connectivity index (χ0v) is 12.2. The van der Waals surface area contributed by atoms with Crippen molar-refractivity contribution in [3.63, 3.8) is 0 Å². The third-order valence-corrected chi connectivity index (χ3v) is 3.26. The minimum atomic E-state index is -0.415. The van der Waals surface area contributed by atoms with Gasteiger partial charge in [0.25, 0.3) is 0 Å². The second-order valence-corrected chi connectivity index (χ2v) is 5.36. The zero-order chi connectivity index (χ0) is 14.9. The Morgan fingerprint density at radius 3 is 2.60 bits per heavy atom. The van der Waals surface area contributed by atoms with Crippen LogP contribution in [0.4, 0.5) is 4.39 Å². The lowest BCUT2D eigenvalue weighted by molar-refractivity contribution is 0.560. The summed E-state index contributed by atoms with van der Waals surface area (Å²) in [5, 5.41) is 0. The summed E-state index contributed by atoms with van der Waals surface area (Å²) in [7, 11) is 0. The van der Waals surface area contributed by atoms with E-state index in [0.717, 1.165) is 0 Å². The summed E-state index contributed by atoms with van der Waals surface area (Å²) in [5.41, 5.74) is 6.50. The Morgan fingerprint density at radius 2 is 2.05 bits per heavy atom. The molecule has 2 N–H and O–H groups in total. The number of imidazole rings is 1. The van der Waals surface area contributed by atoms with Gasteiger partial charge in [-0.05, 0) is 37.6 Å². The molecule has 0 bridgehead atoms. The minimum Gasteiger partial charge on any atom is -0.389 e. The molecule has 0 fully saturated rings. The molecule has 0 aliphatic rings. The van der Waals surface area contributed by atoms with E-state index in [0.29, 0.717) is 11.1 Å². The van der Waals surface area contributed by atoms with E-state index < -0.39 is 5.82 Å². The van der Waals surface area contributed by atoms with Gasteiger partial charge in [0, 0.05) is 24.0 Å². The van der Waals surface area contributed by atoms with E-state index in [4.69, 9.17) is 18.0 Å². The van der Waals surface area contributed by atoms with Gasteiger partial charge in [0.2, 0.25) is 0 Å². The van der Waals surface area contributed by atoms with Crippen molar-refractivity contribution in [3.05, 3.63) is 58.0 Å². The van der Waals surface area contributed by atoms with Crippen molar-refractivity contribution in [1.82, 2.24) is 9.13 Å². The van der Waals surface area contributed by atoms with Crippen LogP contribution in [-0.4, -0.2) is 14.1 Å². The van der Waals surface area contributed by atoms with Crippen LogP contribution in [-0.2, 0) is 6.54 Å². The first-order chi connectivity index (χ1) is 9.38. The van der Waals surface area contributed by atoms with Crippen LogP contribution < -0.4 is 11.4 Å². The standard InChI is InChI=1S/C14H16FN3OS/c1-9(2)18-4-3-17(14(18)19)8-10-5-11(13(16)20)7-12(15)6-10/h3-7,9H,8H2,1-2H3,(H2,16,20). The van der Waals surface area contributed by atoms with Gasteiger partial charge < -0.3 is 5.73 Å². The van der Waals surface area contributed by atoms with Gasteiger partial charge in [-0.25, -0.2) is 9.18 Å². The fourth-order valence-corrected chi connectivity index (χ4v) is 2.14. The van der Waals surface area contributed by atoms with Crippen molar-refractivity contribution in [2.75, 3.05) is 0 Å². The van der Waals surface area contributed by atoms with Gasteiger partial charge in [-0.15, -0.1) is 0 Å². The Hall–Kier alpha value is -1.95. The highest BCUT2D eigenvalue weighted by Gasteiger charge is 2.08. The first kappa shape index (κ1) is 14.5. The molecule has 1 heterocycles. The number of benzene rings is 1. The fourth-order valence-electron chi connectivity index (χ4n) is 2.02. The molecule has 20 heavy (non-hydrogen) atoms. The number of halogens is 1. The highest BCUT2D eigenvalue weighted by Crippen LogP contribution is 2.11. The molecule has 0 aliphatic heterocycles. The quantitative estimate of drug-likeness (QED) is 0.878. The number of hydrogen-bond donors (Lipinski definition) is 1. The number of thiocarbonyl (C=S) groups is 1. The topological polar surface area (TPSA) is 52.9 Å². The van der Waals surface area contributed by atoms with Crippen LogP contribution in [0.1, 0.15) is 31.0 Å². The molecule has 1 aromatic heterocycles. The van der Waals surface area contributed by atoms with Gasteiger partial charge in [0.05, 0.1) is 6.54 Å². The Labute approximate surface area is 121 Å². The average Bonchev–Trinajstić information content (AvgIpc) is 2.70. The van der Waals surface area contributed by atoms with Crippen molar-refractivity contribution < 1.29 is 4.39 Å². The maximum atomic E-state index is 13.5. The van der Waals surface area contributed by atoms with Crippen LogP contribution in [0.2, 0.25) is 0 Å². The number of aromatic nitrogens is 2. The molecular weight excluding hydrogens is 277 g/mol. The van der Waals surface area contributed by atoms with Crippen molar-refractivity contribution >= 4 is 17.2 Å². The van der Waals surface area contributed by atoms with Gasteiger partial charge in [-0.3, -0.25) is 9.13 Å².